The van der Waals surface area contributed by atoms with Crippen molar-refractivity contribution in [1.82, 2.24) is 9.55 Å². The van der Waals surface area contributed by atoms with Gasteiger partial charge >= 0.3 is 11.7 Å². The van der Waals surface area contributed by atoms with E-state index in [0.717, 1.165) is 6.42 Å². The topological polar surface area (TPSA) is 137 Å². The summed E-state index contributed by atoms with van der Waals surface area (Å²) in [6, 6.07) is 6.55. The molecule has 0 aliphatic carbocycles. The monoisotopic (exact) mass is 446 g/mol. The Labute approximate surface area is 185 Å². The van der Waals surface area contributed by atoms with Gasteiger partial charge in [-0.05, 0) is 31.9 Å². The zero-order chi connectivity index (χ0) is 23.7. The van der Waals surface area contributed by atoms with Gasteiger partial charge in [0, 0.05) is 13.1 Å². The summed E-state index contributed by atoms with van der Waals surface area (Å²) in [5, 5.41) is 0. The molecule has 0 aliphatic rings. The lowest BCUT2D eigenvalue weighted by molar-refractivity contribution is -0.121. The molecule has 0 aliphatic heterocycles. The van der Waals surface area contributed by atoms with Gasteiger partial charge in [0.2, 0.25) is 0 Å². The molecule has 2 aromatic rings. The molecule has 0 radical (unpaired) electrons. The van der Waals surface area contributed by atoms with Gasteiger partial charge in [0.15, 0.2) is 12.3 Å². The molecule has 2 rings (SSSR count). The van der Waals surface area contributed by atoms with Gasteiger partial charge in [-0.3, -0.25) is 19.1 Å². The third kappa shape index (κ3) is 5.77. The Kier molecular flexibility index (Phi) is 9.06. The van der Waals surface area contributed by atoms with E-state index in [9.17, 15) is 19.2 Å². The molecule has 1 heterocycles. The van der Waals surface area contributed by atoms with Gasteiger partial charge in [0.25, 0.3) is 11.5 Å². The van der Waals surface area contributed by atoms with E-state index in [1.807, 2.05) is 13.8 Å². The summed E-state index contributed by atoms with van der Waals surface area (Å²) >= 11 is 0. The Morgan fingerprint density at radius 1 is 1.12 bits per heavy atom. The highest BCUT2D eigenvalue weighted by atomic mass is 16.5. The second-order valence-corrected chi connectivity index (χ2v) is 7.05. The number of para-hydroxylation sites is 1. The number of amides is 1. The number of hydrogen-bond donors (Lipinski definition) is 2. The van der Waals surface area contributed by atoms with E-state index in [4.69, 9.17) is 15.2 Å². The van der Waals surface area contributed by atoms with Gasteiger partial charge in [0.05, 0.1) is 6.61 Å². The zero-order valence-corrected chi connectivity index (χ0v) is 18.7. The fraction of sp³-hybridized carbons (Fsp3) is 0.455. The summed E-state index contributed by atoms with van der Waals surface area (Å²) in [6.45, 7) is 5.80. The fourth-order valence-electron chi connectivity index (χ4n) is 3.16. The number of nitrogen functional groups attached to an aromatic ring is 1. The second kappa shape index (κ2) is 11.7. The molecule has 3 N–H and O–H groups in total. The first-order valence-electron chi connectivity index (χ1n) is 10.7. The highest BCUT2D eigenvalue weighted by molar-refractivity contribution is 5.99. The van der Waals surface area contributed by atoms with Crippen molar-refractivity contribution in [3.05, 3.63) is 50.7 Å². The SMILES string of the molecule is CCCCN(C(=O)COC(=O)c1ccccc1OCC)c1c(N)n(CCC)c(=O)[nH]c1=O. The molecule has 0 saturated carbocycles. The third-order valence-corrected chi connectivity index (χ3v) is 4.70. The van der Waals surface area contributed by atoms with Crippen LogP contribution in [0.3, 0.4) is 0 Å². The van der Waals surface area contributed by atoms with Crippen LogP contribution in [0.15, 0.2) is 33.9 Å². The molecule has 32 heavy (non-hydrogen) atoms. The van der Waals surface area contributed by atoms with Gasteiger partial charge in [0.1, 0.15) is 17.1 Å². The van der Waals surface area contributed by atoms with Crippen LogP contribution in [0.2, 0.25) is 0 Å². The van der Waals surface area contributed by atoms with E-state index in [2.05, 4.69) is 4.98 Å². The number of carbonyl (C=O) groups excluding carboxylic acids is 2. The van der Waals surface area contributed by atoms with E-state index in [0.29, 0.717) is 25.2 Å². The number of anilines is 2. The number of benzene rings is 1. The Hall–Kier alpha value is -3.56. The number of hydrogen-bond acceptors (Lipinski definition) is 7. The number of nitrogens with two attached hydrogens (primary N) is 1. The highest BCUT2D eigenvalue weighted by Gasteiger charge is 2.25. The van der Waals surface area contributed by atoms with Crippen molar-refractivity contribution in [2.75, 3.05) is 30.4 Å². The zero-order valence-electron chi connectivity index (χ0n) is 18.7. The number of nitrogens with one attached hydrogen (secondary N) is 1. The first-order chi connectivity index (χ1) is 15.3. The number of carbonyl (C=O) groups is 2. The molecule has 0 bridgehead atoms. The lowest BCUT2D eigenvalue weighted by Gasteiger charge is -2.24. The lowest BCUT2D eigenvalue weighted by atomic mass is 10.2. The molecular formula is C22H30N4O6. The molecule has 0 atom stereocenters. The van der Waals surface area contributed by atoms with Crippen LogP contribution in [-0.2, 0) is 16.1 Å². The fourth-order valence-corrected chi connectivity index (χ4v) is 3.16. The molecule has 0 fully saturated rings. The van der Waals surface area contributed by atoms with Crippen molar-refractivity contribution in [2.24, 2.45) is 0 Å². The molecular weight excluding hydrogens is 416 g/mol. The van der Waals surface area contributed by atoms with Crippen molar-refractivity contribution < 1.29 is 19.1 Å². The maximum atomic E-state index is 13.0. The number of aromatic amines is 1. The van der Waals surface area contributed by atoms with Gasteiger partial charge in [-0.2, -0.15) is 0 Å². The van der Waals surface area contributed by atoms with E-state index in [1.54, 1.807) is 25.1 Å². The van der Waals surface area contributed by atoms with Crippen LogP contribution in [0.25, 0.3) is 0 Å². The van der Waals surface area contributed by atoms with Crippen LogP contribution in [-0.4, -0.2) is 41.2 Å². The minimum Gasteiger partial charge on any atom is -0.493 e. The summed E-state index contributed by atoms with van der Waals surface area (Å²) in [5.74, 6) is -1.10. The number of ether oxygens (including phenoxy) is 2. The largest absolute Gasteiger partial charge is 0.493 e. The van der Waals surface area contributed by atoms with Crippen LogP contribution in [0.4, 0.5) is 11.5 Å². The minimum absolute atomic E-state index is 0.0990. The predicted molar refractivity (Wildman–Crippen MR) is 121 cm³/mol. The number of esters is 1. The Morgan fingerprint density at radius 2 is 1.84 bits per heavy atom. The summed E-state index contributed by atoms with van der Waals surface area (Å²) in [4.78, 5) is 53.5. The summed E-state index contributed by atoms with van der Waals surface area (Å²) in [6.07, 6.45) is 1.94. The standard InChI is InChI=1S/C22H30N4O6/c1-4-7-13-25(18-19(23)26(12-5-2)22(30)24-20(18)28)17(27)14-32-21(29)15-10-8-9-11-16(15)31-6-3/h8-11H,4-7,12-14,23H2,1-3H3,(H,24,28,30). The van der Waals surface area contributed by atoms with Crippen LogP contribution in [0.1, 0.15) is 50.4 Å². The number of H-pyrrole nitrogens is 1. The van der Waals surface area contributed by atoms with Crippen LogP contribution in [0, 0.1) is 0 Å². The van der Waals surface area contributed by atoms with E-state index in [1.165, 1.54) is 15.5 Å². The quantitative estimate of drug-likeness (QED) is 0.503. The van der Waals surface area contributed by atoms with E-state index in [-0.39, 0.29) is 30.2 Å². The van der Waals surface area contributed by atoms with Gasteiger partial charge in [-0.25, -0.2) is 9.59 Å². The van der Waals surface area contributed by atoms with Crippen molar-refractivity contribution in [3.63, 3.8) is 0 Å². The van der Waals surface area contributed by atoms with Gasteiger partial charge in [-0.15, -0.1) is 0 Å². The second-order valence-electron chi connectivity index (χ2n) is 7.05. The van der Waals surface area contributed by atoms with Crippen LogP contribution in [0.5, 0.6) is 5.75 Å². The number of aromatic nitrogens is 2. The Bertz CT molecular complexity index is 1060. The lowest BCUT2D eigenvalue weighted by Crippen LogP contribution is -2.43. The van der Waals surface area contributed by atoms with Gasteiger partial charge < -0.3 is 20.1 Å². The molecule has 174 valence electrons. The van der Waals surface area contributed by atoms with Crippen molar-refractivity contribution in [2.45, 2.75) is 46.6 Å². The molecule has 1 aromatic carbocycles. The van der Waals surface area contributed by atoms with Crippen LogP contribution >= 0.6 is 0 Å². The molecule has 0 spiro atoms. The maximum absolute atomic E-state index is 13.0. The van der Waals surface area contributed by atoms with Gasteiger partial charge in [-0.1, -0.05) is 32.4 Å². The smallest absolute Gasteiger partial charge is 0.342 e. The number of unbranched alkanes of at least 4 members (excludes halogenated alkanes) is 1. The molecule has 0 unspecified atom stereocenters. The summed E-state index contributed by atoms with van der Waals surface area (Å²) in [5.41, 5.74) is 4.77. The van der Waals surface area contributed by atoms with Crippen LogP contribution < -0.4 is 26.6 Å². The molecule has 10 nitrogen and oxygen atoms in total. The predicted octanol–water partition coefficient (Wildman–Crippen LogP) is 1.92. The molecule has 10 heteroatoms. The van der Waals surface area contributed by atoms with Crippen molar-refractivity contribution in [1.29, 1.82) is 0 Å². The first kappa shape index (κ1) is 24.7. The first-order valence-corrected chi connectivity index (χ1v) is 10.7. The average molecular weight is 447 g/mol. The number of rotatable bonds is 11. The molecule has 1 amide bonds. The minimum atomic E-state index is -0.766. The third-order valence-electron chi connectivity index (χ3n) is 4.70. The molecule has 0 saturated heterocycles. The summed E-state index contributed by atoms with van der Waals surface area (Å²) in [7, 11) is 0. The van der Waals surface area contributed by atoms with Crippen molar-refractivity contribution in [3.8, 4) is 5.75 Å². The molecule has 1 aromatic heterocycles. The number of nitrogens with zero attached hydrogens (tertiary/aromatic N) is 2. The normalized spacial score (nSPS) is 10.6. The highest BCUT2D eigenvalue weighted by Crippen LogP contribution is 2.20. The average Bonchev–Trinajstić information content (AvgIpc) is 2.77. The van der Waals surface area contributed by atoms with E-state index >= 15 is 0 Å². The maximum Gasteiger partial charge on any atom is 0.342 e. The summed E-state index contributed by atoms with van der Waals surface area (Å²) < 4.78 is 11.8. The Balaban J connectivity index is 2.30. The Morgan fingerprint density at radius 3 is 2.50 bits per heavy atom. The van der Waals surface area contributed by atoms with E-state index < -0.39 is 29.7 Å². The van der Waals surface area contributed by atoms with Crippen molar-refractivity contribution >= 4 is 23.4 Å².